The molecule has 164 valence electrons. The van der Waals surface area contributed by atoms with Crippen molar-refractivity contribution in [2.75, 3.05) is 29.2 Å². The maximum Gasteiger partial charge on any atom is 0.223 e. The summed E-state index contributed by atoms with van der Waals surface area (Å²) in [6.45, 7) is 4.24. The molecule has 1 fully saturated rings. The molecule has 32 heavy (non-hydrogen) atoms. The van der Waals surface area contributed by atoms with Gasteiger partial charge in [0.25, 0.3) is 0 Å². The molecule has 2 aromatic heterocycles. The van der Waals surface area contributed by atoms with E-state index in [9.17, 15) is 5.11 Å². The lowest BCUT2D eigenvalue weighted by molar-refractivity contribution is -0.146. The van der Waals surface area contributed by atoms with Crippen LogP contribution in [0.4, 0.5) is 23.1 Å². The number of nitrogen functional groups attached to an aromatic ring is 1. The lowest BCUT2D eigenvalue weighted by Gasteiger charge is -2.33. The molecule has 0 bridgehead atoms. The smallest absolute Gasteiger partial charge is 0.223 e. The Morgan fingerprint density at radius 2 is 2.16 bits per heavy atom. The van der Waals surface area contributed by atoms with Gasteiger partial charge in [-0.1, -0.05) is 17.0 Å². The number of aliphatic hydroxyl groups is 1. The van der Waals surface area contributed by atoms with Crippen molar-refractivity contribution in [2.45, 2.75) is 31.9 Å². The molecule has 3 aromatic rings. The second-order valence-corrected chi connectivity index (χ2v) is 7.63. The molecule has 1 aromatic carbocycles. The van der Waals surface area contributed by atoms with Crippen LogP contribution in [0.15, 0.2) is 35.0 Å². The Bertz CT molecular complexity index is 1210. The zero-order valence-corrected chi connectivity index (χ0v) is 17.4. The maximum absolute atomic E-state index is 10.6. The third-order valence-corrected chi connectivity index (χ3v) is 5.02. The summed E-state index contributed by atoms with van der Waals surface area (Å²) in [7, 11) is 0. The first-order valence-electron chi connectivity index (χ1n) is 9.97. The molecule has 0 spiro atoms. The average Bonchev–Trinajstić information content (AvgIpc) is 3.32. The van der Waals surface area contributed by atoms with Crippen LogP contribution in [-0.4, -0.2) is 50.9 Å². The molecule has 0 saturated carbocycles. The SMILES string of the molecule is Cc1nc(C(C)(O)C#Cc2ccc3c(c2)N(c2ccnc(N)n2)C(OC2COC2)N3)no1. The van der Waals surface area contributed by atoms with Crippen LogP contribution >= 0.6 is 0 Å². The minimum Gasteiger partial charge on any atom is -0.376 e. The van der Waals surface area contributed by atoms with Crippen molar-refractivity contribution in [1.82, 2.24) is 20.1 Å². The molecule has 11 heteroatoms. The highest BCUT2D eigenvalue weighted by Gasteiger charge is 2.35. The molecule has 2 atom stereocenters. The van der Waals surface area contributed by atoms with Gasteiger partial charge in [0.05, 0.1) is 24.6 Å². The highest BCUT2D eigenvalue weighted by atomic mass is 16.6. The van der Waals surface area contributed by atoms with Crippen LogP contribution in [0.3, 0.4) is 0 Å². The van der Waals surface area contributed by atoms with E-state index < -0.39 is 12.0 Å². The largest absolute Gasteiger partial charge is 0.376 e. The Morgan fingerprint density at radius 1 is 1.31 bits per heavy atom. The fourth-order valence-corrected chi connectivity index (χ4v) is 3.31. The number of aromatic nitrogens is 4. The van der Waals surface area contributed by atoms with Gasteiger partial charge < -0.3 is 30.2 Å². The summed E-state index contributed by atoms with van der Waals surface area (Å²) in [5.74, 6) is 7.00. The first kappa shape index (κ1) is 20.2. The van der Waals surface area contributed by atoms with E-state index in [4.69, 9.17) is 19.7 Å². The molecule has 4 heterocycles. The Kier molecular flexibility index (Phi) is 4.90. The molecule has 2 aliphatic rings. The topological polar surface area (TPSA) is 145 Å². The van der Waals surface area contributed by atoms with E-state index in [1.165, 1.54) is 6.92 Å². The molecular formula is C21H21N7O4. The van der Waals surface area contributed by atoms with Crippen LogP contribution in [0.25, 0.3) is 0 Å². The number of benzene rings is 1. The quantitative estimate of drug-likeness (QED) is 0.509. The van der Waals surface area contributed by atoms with Crippen LogP contribution in [0.2, 0.25) is 0 Å². The number of fused-ring (bicyclic) bond motifs is 1. The normalized spacial score (nSPS) is 19.3. The van der Waals surface area contributed by atoms with E-state index in [0.717, 1.165) is 11.4 Å². The van der Waals surface area contributed by atoms with E-state index in [-0.39, 0.29) is 17.9 Å². The van der Waals surface area contributed by atoms with E-state index in [1.54, 1.807) is 19.2 Å². The number of nitrogens with one attached hydrogen (secondary N) is 1. The van der Waals surface area contributed by atoms with Gasteiger partial charge in [-0.25, -0.2) is 4.98 Å². The third kappa shape index (κ3) is 3.82. The zero-order valence-electron chi connectivity index (χ0n) is 17.4. The molecule has 5 rings (SSSR count). The van der Waals surface area contributed by atoms with Gasteiger partial charge in [0.15, 0.2) is 5.60 Å². The number of anilines is 4. The first-order valence-corrected chi connectivity index (χ1v) is 9.97. The van der Waals surface area contributed by atoms with Crippen molar-refractivity contribution in [1.29, 1.82) is 0 Å². The predicted molar refractivity (Wildman–Crippen MR) is 114 cm³/mol. The lowest BCUT2D eigenvalue weighted by Crippen LogP contribution is -2.45. The third-order valence-electron chi connectivity index (χ3n) is 5.02. The number of ether oxygens (including phenoxy) is 2. The van der Waals surface area contributed by atoms with Gasteiger partial charge in [-0.15, -0.1) is 0 Å². The number of nitrogens with two attached hydrogens (primary N) is 1. The maximum atomic E-state index is 10.6. The van der Waals surface area contributed by atoms with Crippen LogP contribution in [0.1, 0.15) is 24.2 Å². The first-order chi connectivity index (χ1) is 15.4. The molecule has 0 radical (unpaired) electrons. The minimum atomic E-state index is -1.56. The highest BCUT2D eigenvalue weighted by Crippen LogP contribution is 2.40. The molecule has 11 nitrogen and oxygen atoms in total. The van der Waals surface area contributed by atoms with Gasteiger partial charge >= 0.3 is 0 Å². The van der Waals surface area contributed by atoms with E-state index >= 15 is 0 Å². The van der Waals surface area contributed by atoms with Gasteiger partial charge in [0.1, 0.15) is 11.9 Å². The number of rotatable bonds is 4. The van der Waals surface area contributed by atoms with Gasteiger partial charge in [0, 0.05) is 18.7 Å². The Morgan fingerprint density at radius 3 is 2.84 bits per heavy atom. The fraction of sp³-hybridized carbons (Fsp3) is 0.333. The van der Waals surface area contributed by atoms with Crippen LogP contribution < -0.4 is 16.0 Å². The number of aryl methyl sites for hydroxylation is 1. The van der Waals surface area contributed by atoms with Crippen LogP contribution in [0, 0.1) is 18.8 Å². The second-order valence-electron chi connectivity index (χ2n) is 7.63. The van der Waals surface area contributed by atoms with Crippen LogP contribution in [-0.2, 0) is 15.1 Å². The molecule has 4 N–H and O–H groups in total. The molecule has 1 saturated heterocycles. The second kappa shape index (κ2) is 7.76. The van der Waals surface area contributed by atoms with Crippen molar-refractivity contribution < 1.29 is 19.1 Å². The molecule has 0 amide bonds. The Hall–Kier alpha value is -3.72. The fourth-order valence-electron chi connectivity index (χ4n) is 3.31. The summed E-state index contributed by atoms with van der Waals surface area (Å²) in [4.78, 5) is 14.3. The molecular weight excluding hydrogens is 414 g/mol. The standard InChI is InChI=1S/C21H21N7O4/c1-12-24-18(27-32-12)21(2,29)7-5-13-3-4-15-16(9-13)28(17-6-8-23-19(22)26-17)20(25-15)31-14-10-30-11-14/h3-4,6,8-9,14,20,25,29H,10-11H2,1-2H3,(H2,22,23,26). The van der Waals surface area contributed by atoms with E-state index in [1.807, 2.05) is 23.1 Å². The van der Waals surface area contributed by atoms with Crippen molar-refractivity contribution in [3.8, 4) is 11.8 Å². The zero-order chi connectivity index (χ0) is 22.3. The van der Waals surface area contributed by atoms with E-state index in [0.29, 0.717) is 30.5 Å². The minimum absolute atomic E-state index is 0.0173. The highest BCUT2D eigenvalue weighted by molar-refractivity contribution is 5.82. The Balaban J connectivity index is 1.48. The summed E-state index contributed by atoms with van der Waals surface area (Å²) in [5, 5.41) is 17.8. The summed E-state index contributed by atoms with van der Waals surface area (Å²) < 4.78 is 16.3. The van der Waals surface area contributed by atoms with E-state index in [2.05, 4.69) is 37.3 Å². The summed E-state index contributed by atoms with van der Waals surface area (Å²) in [6, 6.07) is 7.37. The van der Waals surface area contributed by atoms with Crippen molar-refractivity contribution in [3.05, 3.63) is 47.7 Å². The molecule has 2 unspecified atom stereocenters. The summed E-state index contributed by atoms with van der Waals surface area (Å²) >= 11 is 0. The predicted octanol–water partition coefficient (Wildman–Crippen LogP) is 1.27. The number of hydrogen-bond donors (Lipinski definition) is 3. The average molecular weight is 435 g/mol. The number of hydrogen-bond acceptors (Lipinski definition) is 11. The molecule has 0 aliphatic carbocycles. The molecule has 2 aliphatic heterocycles. The van der Waals surface area contributed by atoms with Gasteiger partial charge in [-0.3, -0.25) is 4.90 Å². The van der Waals surface area contributed by atoms with Crippen molar-refractivity contribution >= 4 is 23.1 Å². The summed E-state index contributed by atoms with van der Waals surface area (Å²) in [6.07, 6.45) is 1.07. The van der Waals surface area contributed by atoms with Gasteiger partial charge in [-0.05, 0) is 31.2 Å². The van der Waals surface area contributed by atoms with Crippen molar-refractivity contribution in [3.63, 3.8) is 0 Å². The summed E-state index contributed by atoms with van der Waals surface area (Å²) in [5.41, 5.74) is 6.57. The lowest BCUT2D eigenvalue weighted by atomic mass is 10.1. The van der Waals surface area contributed by atoms with Crippen molar-refractivity contribution in [2.24, 2.45) is 0 Å². The van der Waals surface area contributed by atoms with Crippen LogP contribution in [0.5, 0.6) is 0 Å². The monoisotopic (exact) mass is 435 g/mol. The Labute approximate surface area is 183 Å². The van der Waals surface area contributed by atoms with Gasteiger partial charge in [-0.2, -0.15) is 9.97 Å². The van der Waals surface area contributed by atoms with Gasteiger partial charge in [0.2, 0.25) is 24.0 Å². The number of nitrogens with zero attached hydrogens (tertiary/aromatic N) is 5.